The normalized spacial score (nSPS) is 16.1. The maximum absolute atomic E-state index is 3.30. The molecule has 1 aromatic rings. The molecule has 0 amide bonds. The van der Waals surface area contributed by atoms with Crippen molar-refractivity contribution in [3.05, 3.63) is 63.2 Å². The van der Waals surface area contributed by atoms with Crippen molar-refractivity contribution in [2.24, 2.45) is 0 Å². The van der Waals surface area contributed by atoms with E-state index in [1.807, 2.05) is 6.07 Å². The number of rotatable bonds is 0. The Hall–Kier alpha value is -0.326. The van der Waals surface area contributed by atoms with Gasteiger partial charge in [0.25, 0.3) is 0 Å². The van der Waals surface area contributed by atoms with E-state index in [-0.39, 0.29) is 44.0 Å². The van der Waals surface area contributed by atoms with E-state index in [1.54, 1.807) is 0 Å². The van der Waals surface area contributed by atoms with Crippen LogP contribution in [-0.2, 0) is 21.7 Å². The first-order chi connectivity index (χ1) is 5.72. The molecule has 1 unspecified atom stereocenters. The second kappa shape index (κ2) is 7.87. The molecule has 0 aliphatic heterocycles. The molecule has 2 rings (SSSR count). The maximum Gasteiger partial charge on any atom is 4.00 e. The summed E-state index contributed by atoms with van der Waals surface area (Å²) in [5.41, 5.74) is 5.67. The third-order valence-corrected chi connectivity index (χ3v) is 2.97. The molecule has 0 nitrogen and oxygen atoms in total. The summed E-state index contributed by atoms with van der Waals surface area (Å²) in [5, 5.41) is 0. The van der Waals surface area contributed by atoms with Gasteiger partial charge in [0, 0.05) is 0 Å². The Morgan fingerprint density at radius 1 is 1.12 bits per heavy atom. The van der Waals surface area contributed by atoms with Gasteiger partial charge in [0.2, 0.25) is 0 Å². The topological polar surface area (TPSA) is 0 Å². The van der Waals surface area contributed by atoms with E-state index >= 15 is 0 Å². The molecule has 86 valence electrons. The number of benzene rings is 1. The average molecular weight is 250 g/mol. The SMILES string of the molecule is CC1=C(C)C(C)c2ccc[c-]c21.[CH3-].[CH3-].[CH3-].[Ti+4]. The van der Waals surface area contributed by atoms with Crippen molar-refractivity contribution in [1.82, 2.24) is 0 Å². The maximum atomic E-state index is 3.30. The molecule has 0 radical (unpaired) electrons. The van der Waals surface area contributed by atoms with Crippen LogP contribution in [0.4, 0.5) is 0 Å². The molecule has 0 saturated carbocycles. The summed E-state index contributed by atoms with van der Waals surface area (Å²) in [6, 6.07) is 9.57. The minimum Gasteiger partial charge on any atom is -0.358 e. The fraction of sp³-hybridized carbons (Fsp3) is 0.267. The zero-order valence-electron chi connectivity index (χ0n) is 11.3. The summed E-state index contributed by atoms with van der Waals surface area (Å²) in [5.74, 6) is 0.595. The van der Waals surface area contributed by atoms with Gasteiger partial charge in [0.1, 0.15) is 0 Å². The zero-order chi connectivity index (χ0) is 8.72. The molecule has 16 heavy (non-hydrogen) atoms. The molecule has 0 fully saturated rings. The van der Waals surface area contributed by atoms with Crippen LogP contribution in [0, 0.1) is 28.3 Å². The molecule has 0 N–H and O–H groups in total. The van der Waals surface area contributed by atoms with Gasteiger partial charge in [-0.1, -0.05) is 20.8 Å². The fourth-order valence-corrected chi connectivity index (χ4v) is 1.89. The second-order valence-corrected chi connectivity index (χ2v) is 3.53. The van der Waals surface area contributed by atoms with E-state index in [4.69, 9.17) is 0 Å². The molecule has 0 spiro atoms. The van der Waals surface area contributed by atoms with E-state index in [9.17, 15) is 0 Å². The molecule has 0 saturated heterocycles. The van der Waals surface area contributed by atoms with Gasteiger partial charge in [-0.3, -0.25) is 0 Å². The van der Waals surface area contributed by atoms with Crippen molar-refractivity contribution in [2.45, 2.75) is 26.7 Å². The Labute approximate surface area is 117 Å². The fourth-order valence-electron chi connectivity index (χ4n) is 1.89. The van der Waals surface area contributed by atoms with E-state index in [0.29, 0.717) is 5.92 Å². The molecule has 1 aliphatic rings. The molecular weight excluding hydrogens is 228 g/mol. The van der Waals surface area contributed by atoms with E-state index in [0.717, 1.165) is 0 Å². The van der Waals surface area contributed by atoms with Crippen molar-refractivity contribution >= 4 is 5.57 Å². The molecule has 1 atom stereocenters. The summed E-state index contributed by atoms with van der Waals surface area (Å²) >= 11 is 0. The minimum absolute atomic E-state index is 0. The van der Waals surface area contributed by atoms with Gasteiger partial charge in [-0.2, -0.15) is 0 Å². The predicted octanol–water partition coefficient (Wildman–Crippen LogP) is 4.75. The number of fused-ring (bicyclic) bond motifs is 1. The Balaban J connectivity index is -0.000000422. The smallest absolute Gasteiger partial charge is 0.358 e. The van der Waals surface area contributed by atoms with Crippen molar-refractivity contribution < 1.29 is 21.7 Å². The zero-order valence-corrected chi connectivity index (χ0v) is 12.9. The molecule has 1 aliphatic carbocycles. The summed E-state index contributed by atoms with van der Waals surface area (Å²) in [4.78, 5) is 0. The van der Waals surface area contributed by atoms with Crippen LogP contribution < -0.4 is 0 Å². The van der Waals surface area contributed by atoms with Crippen molar-refractivity contribution in [1.29, 1.82) is 0 Å². The van der Waals surface area contributed by atoms with Crippen LogP contribution >= 0.6 is 0 Å². The van der Waals surface area contributed by atoms with Crippen LogP contribution in [-0.4, -0.2) is 0 Å². The van der Waals surface area contributed by atoms with Gasteiger partial charge in [0.05, 0.1) is 0 Å². The van der Waals surface area contributed by atoms with E-state index in [2.05, 4.69) is 39.0 Å². The monoisotopic (exact) mass is 250 g/mol. The van der Waals surface area contributed by atoms with Crippen LogP contribution in [0.3, 0.4) is 0 Å². The minimum atomic E-state index is 0. The van der Waals surface area contributed by atoms with E-state index in [1.165, 1.54) is 22.3 Å². The average Bonchev–Trinajstić information content (AvgIpc) is 2.33. The van der Waals surface area contributed by atoms with Crippen molar-refractivity contribution in [3.8, 4) is 0 Å². The van der Waals surface area contributed by atoms with E-state index < -0.39 is 0 Å². The summed E-state index contributed by atoms with van der Waals surface area (Å²) in [7, 11) is 0. The number of hydrogen-bond donors (Lipinski definition) is 0. The Morgan fingerprint density at radius 2 is 1.69 bits per heavy atom. The third-order valence-electron chi connectivity index (χ3n) is 2.97. The van der Waals surface area contributed by atoms with Crippen molar-refractivity contribution in [3.63, 3.8) is 0 Å². The number of allylic oxidation sites excluding steroid dienone is 2. The largest absolute Gasteiger partial charge is 4.00 e. The van der Waals surface area contributed by atoms with Gasteiger partial charge in [0.15, 0.2) is 0 Å². The first-order valence-corrected chi connectivity index (χ1v) is 4.40. The Kier molecular flexibility index (Phi) is 10.3. The van der Waals surface area contributed by atoms with Gasteiger partial charge >= 0.3 is 21.7 Å². The molecule has 0 heterocycles. The molecule has 0 aromatic heterocycles. The summed E-state index contributed by atoms with van der Waals surface area (Å²) in [6.07, 6.45) is 0. The first kappa shape index (κ1) is 21.0. The second-order valence-electron chi connectivity index (χ2n) is 3.53. The van der Waals surface area contributed by atoms with Gasteiger partial charge < -0.3 is 22.3 Å². The van der Waals surface area contributed by atoms with Crippen LogP contribution in [0.15, 0.2) is 23.8 Å². The predicted molar refractivity (Wildman–Crippen MR) is 71.2 cm³/mol. The van der Waals surface area contributed by atoms with Gasteiger partial charge in [-0.15, -0.1) is 46.5 Å². The van der Waals surface area contributed by atoms with Gasteiger partial charge in [-0.05, 0) is 5.92 Å². The van der Waals surface area contributed by atoms with Crippen LogP contribution in [0.5, 0.6) is 0 Å². The van der Waals surface area contributed by atoms with Gasteiger partial charge in [-0.25, -0.2) is 0 Å². The molecule has 1 heteroatoms. The van der Waals surface area contributed by atoms with Crippen molar-refractivity contribution in [2.75, 3.05) is 0 Å². The quantitative estimate of drug-likeness (QED) is 0.460. The van der Waals surface area contributed by atoms with Crippen LogP contribution in [0.1, 0.15) is 37.8 Å². The molecular formula is C15H22Ti. The standard InChI is InChI=1S/C12H13.3CH3.Ti/c1-8-9(2)11-6-4-5-7-12(11)10(8)3;;;;/h4-6,9H,1-3H3;3*1H3;/q4*-1;+4. The van der Waals surface area contributed by atoms with Crippen LogP contribution in [0.2, 0.25) is 0 Å². The summed E-state index contributed by atoms with van der Waals surface area (Å²) < 4.78 is 0. The molecule has 0 bridgehead atoms. The first-order valence-electron chi connectivity index (χ1n) is 4.40. The Bertz CT molecular complexity index is 350. The van der Waals surface area contributed by atoms with Crippen LogP contribution in [0.25, 0.3) is 5.57 Å². The number of hydrogen-bond acceptors (Lipinski definition) is 0. The Morgan fingerprint density at radius 3 is 2.19 bits per heavy atom. The molecule has 1 aromatic carbocycles. The summed E-state index contributed by atoms with van der Waals surface area (Å²) in [6.45, 7) is 6.67. The third kappa shape index (κ3) is 3.09.